The molecule has 0 spiro atoms. The van der Waals surface area contributed by atoms with Gasteiger partial charge in [0.1, 0.15) is 11.2 Å². The van der Waals surface area contributed by atoms with Gasteiger partial charge < -0.3 is 19.8 Å². The summed E-state index contributed by atoms with van der Waals surface area (Å²) in [6.45, 7) is 5.38. The Hall–Kier alpha value is -2.74. The fourth-order valence-electron chi connectivity index (χ4n) is 3.47. The van der Waals surface area contributed by atoms with Crippen LogP contribution < -0.4 is 21.2 Å². The lowest BCUT2D eigenvalue weighted by Gasteiger charge is -2.30. The van der Waals surface area contributed by atoms with Gasteiger partial charge in [0.15, 0.2) is 5.65 Å². The molecule has 0 aliphatic carbocycles. The van der Waals surface area contributed by atoms with E-state index in [-0.39, 0.29) is 10.8 Å². The van der Waals surface area contributed by atoms with Gasteiger partial charge in [-0.15, -0.1) is 0 Å². The Balaban J connectivity index is 2.09. The first-order chi connectivity index (χ1) is 12.1. The summed E-state index contributed by atoms with van der Waals surface area (Å²) in [5.74, 6) is -0.450. The van der Waals surface area contributed by atoms with Crippen LogP contribution in [-0.4, -0.2) is 40.7 Å². The number of fused-ring (bicyclic) bond motifs is 2. The first-order valence-corrected chi connectivity index (χ1v) is 8.31. The summed E-state index contributed by atoms with van der Waals surface area (Å²) in [5, 5.41) is 3.40. The van der Waals surface area contributed by atoms with Crippen LogP contribution in [0.4, 0.5) is 10.1 Å². The molecule has 1 fully saturated rings. The zero-order valence-corrected chi connectivity index (χ0v) is 13.8. The maximum Gasteiger partial charge on any atom is 0.264 e. The quantitative estimate of drug-likeness (QED) is 0.673. The van der Waals surface area contributed by atoms with Crippen LogP contribution in [0, 0.1) is 5.82 Å². The molecule has 7 nitrogen and oxygen atoms in total. The highest BCUT2D eigenvalue weighted by Gasteiger charge is 2.20. The standard InChI is InChI=1S/C17H18FN5O2/c1-2-23-12-8-13(22-5-3-19-4-6-22)11(18)7-10(12)15(24)14-16(23)20-9-21-17(14)25/h7-9,19H,2-6H2,1H3,(H,20,21,25). The van der Waals surface area contributed by atoms with Gasteiger partial charge in [-0.25, -0.2) is 9.37 Å². The monoisotopic (exact) mass is 343 g/mol. The van der Waals surface area contributed by atoms with E-state index in [0.717, 1.165) is 13.1 Å². The van der Waals surface area contributed by atoms with Gasteiger partial charge in [0.05, 0.1) is 17.5 Å². The predicted octanol–water partition coefficient (Wildman–Crippen LogP) is 0.807. The third-order valence-electron chi connectivity index (χ3n) is 4.69. The van der Waals surface area contributed by atoms with Crippen LogP contribution in [0.5, 0.6) is 0 Å². The van der Waals surface area contributed by atoms with Crippen molar-refractivity contribution in [2.75, 3.05) is 31.1 Å². The van der Waals surface area contributed by atoms with E-state index in [0.29, 0.717) is 36.5 Å². The molecule has 8 heteroatoms. The number of anilines is 1. The number of pyridine rings is 1. The molecule has 25 heavy (non-hydrogen) atoms. The van der Waals surface area contributed by atoms with Gasteiger partial charge in [0.2, 0.25) is 5.43 Å². The summed E-state index contributed by atoms with van der Waals surface area (Å²) >= 11 is 0. The third-order valence-corrected chi connectivity index (χ3v) is 4.69. The van der Waals surface area contributed by atoms with Crippen molar-refractivity contribution in [3.8, 4) is 0 Å². The van der Waals surface area contributed by atoms with Crippen LogP contribution in [0.15, 0.2) is 28.0 Å². The molecule has 0 bridgehead atoms. The molecule has 4 rings (SSSR count). The summed E-state index contributed by atoms with van der Waals surface area (Å²) in [7, 11) is 0. The minimum absolute atomic E-state index is 0.0360. The van der Waals surface area contributed by atoms with Crippen molar-refractivity contribution in [3.05, 3.63) is 44.9 Å². The lowest BCUT2D eigenvalue weighted by Crippen LogP contribution is -2.43. The first kappa shape index (κ1) is 15.8. The smallest absolute Gasteiger partial charge is 0.264 e. The van der Waals surface area contributed by atoms with Crippen LogP contribution >= 0.6 is 0 Å². The number of aromatic amines is 1. The zero-order chi connectivity index (χ0) is 17.6. The number of H-pyrrole nitrogens is 1. The number of piperazine rings is 1. The van der Waals surface area contributed by atoms with E-state index >= 15 is 0 Å². The SMILES string of the molecule is CCn1c2cc(N3CCNCC3)c(F)cc2c(=O)c2c(=O)[nH]cnc21. The second kappa shape index (κ2) is 5.96. The van der Waals surface area contributed by atoms with Crippen molar-refractivity contribution in [2.45, 2.75) is 13.5 Å². The molecule has 3 heterocycles. The van der Waals surface area contributed by atoms with Crippen molar-refractivity contribution in [2.24, 2.45) is 0 Å². The molecule has 2 aromatic heterocycles. The Kier molecular flexibility index (Phi) is 3.76. The summed E-state index contributed by atoms with van der Waals surface area (Å²) in [6, 6.07) is 2.94. The second-order valence-corrected chi connectivity index (χ2v) is 6.06. The predicted molar refractivity (Wildman–Crippen MR) is 94.8 cm³/mol. The summed E-state index contributed by atoms with van der Waals surface area (Å²) in [5.41, 5.74) is 0.384. The molecule has 1 saturated heterocycles. The number of nitrogens with zero attached hydrogens (tertiary/aromatic N) is 3. The van der Waals surface area contributed by atoms with Crippen molar-refractivity contribution >= 4 is 27.6 Å². The molecule has 1 aromatic carbocycles. The third kappa shape index (κ3) is 2.41. The number of hydrogen-bond donors (Lipinski definition) is 2. The van der Waals surface area contributed by atoms with Gasteiger partial charge in [-0.05, 0) is 19.1 Å². The maximum absolute atomic E-state index is 14.7. The van der Waals surface area contributed by atoms with Gasteiger partial charge in [-0.2, -0.15) is 0 Å². The van der Waals surface area contributed by atoms with E-state index in [1.807, 2.05) is 11.8 Å². The summed E-state index contributed by atoms with van der Waals surface area (Å²) in [4.78, 5) is 33.4. The van der Waals surface area contributed by atoms with E-state index in [4.69, 9.17) is 0 Å². The lowest BCUT2D eigenvalue weighted by atomic mass is 10.1. The average Bonchev–Trinajstić information content (AvgIpc) is 2.63. The summed E-state index contributed by atoms with van der Waals surface area (Å²) in [6.07, 6.45) is 1.28. The Labute approximate surface area is 142 Å². The van der Waals surface area contributed by atoms with E-state index < -0.39 is 16.8 Å². The van der Waals surface area contributed by atoms with E-state index in [2.05, 4.69) is 15.3 Å². The molecule has 1 aliphatic rings. The Morgan fingerprint density at radius 2 is 2.00 bits per heavy atom. The topological polar surface area (TPSA) is 83.0 Å². The molecule has 1 aliphatic heterocycles. The van der Waals surface area contributed by atoms with Gasteiger partial charge >= 0.3 is 0 Å². The minimum atomic E-state index is -0.509. The lowest BCUT2D eigenvalue weighted by molar-refractivity contribution is 0.567. The Morgan fingerprint density at radius 3 is 2.72 bits per heavy atom. The summed E-state index contributed by atoms with van der Waals surface area (Å²) < 4.78 is 16.5. The highest BCUT2D eigenvalue weighted by molar-refractivity contribution is 5.93. The number of halogens is 1. The van der Waals surface area contributed by atoms with Crippen molar-refractivity contribution < 1.29 is 4.39 Å². The molecular weight excluding hydrogens is 325 g/mol. The Bertz CT molecular complexity index is 1080. The highest BCUT2D eigenvalue weighted by atomic mass is 19.1. The number of aromatic nitrogens is 3. The second-order valence-electron chi connectivity index (χ2n) is 6.06. The largest absolute Gasteiger partial charge is 0.367 e. The van der Waals surface area contributed by atoms with Gasteiger partial charge in [0, 0.05) is 38.1 Å². The van der Waals surface area contributed by atoms with Crippen LogP contribution in [0.2, 0.25) is 0 Å². The van der Waals surface area contributed by atoms with Crippen LogP contribution in [0.25, 0.3) is 21.9 Å². The fourth-order valence-corrected chi connectivity index (χ4v) is 3.47. The van der Waals surface area contributed by atoms with E-state index in [1.54, 1.807) is 10.6 Å². The van der Waals surface area contributed by atoms with Gasteiger partial charge in [-0.1, -0.05) is 0 Å². The van der Waals surface area contributed by atoms with Gasteiger partial charge in [0.25, 0.3) is 5.56 Å². The molecule has 0 radical (unpaired) electrons. The molecule has 130 valence electrons. The van der Waals surface area contributed by atoms with Crippen molar-refractivity contribution in [1.82, 2.24) is 19.9 Å². The first-order valence-electron chi connectivity index (χ1n) is 8.31. The fraction of sp³-hybridized carbons (Fsp3) is 0.353. The highest BCUT2D eigenvalue weighted by Crippen LogP contribution is 2.26. The van der Waals surface area contributed by atoms with Crippen molar-refractivity contribution in [3.63, 3.8) is 0 Å². The average molecular weight is 343 g/mol. The van der Waals surface area contributed by atoms with Crippen LogP contribution in [-0.2, 0) is 6.54 Å². The molecular formula is C17H18FN5O2. The maximum atomic E-state index is 14.7. The van der Waals surface area contributed by atoms with E-state index in [1.165, 1.54) is 12.4 Å². The zero-order valence-electron chi connectivity index (χ0n) is 13.8. The number of aryl methyl sites for hydroxylation is 1. The molecule has 0 atom stereocenters. The number of nitrogens with one attached hydrogen (secondary N) is 2. The molecule has 2 N–H and O–H groups in total. The van der Waals surface area contributed by atoms with E-state index in [9.17, 15) is 14.0 Å². The molecule has 0 amide bonds. The molecule has 0 saturated carbocycles. The van der Waals surface area contributed by atoms with Crippen molar-refractivity contribution in [1.29, 1.82) is 0 Å². The molecule has 0 unspecified atom stereocenters. The van der Waals surface area contributed by atoms with Gasteiger partial charge in [-0.3, -0.25) is 9.59 Å². The Morgan fingerprint density at radius 1 is 1.24 bits per heavy atom. The van der Waals surface area contributed by atoms with Crippen LogP contribution in [0.3, 0.4) is 0 Å². The number of benzene rings is 1. The number of hydrogen-bond acceptors (Lipinski definition) is 5. The number of rotatable bonds is 2. The molecule has 3 aromatic rings. The minimum Gasteiger partial charge on any atom is -0.367 e. The van der Waals surface area contributed by atoms with Crippen LogP contribution in [0.1, 0.15) is 6.92 Å². The normalized spacial score (nSPS) is 15.2.